The van der Waals surface area contributed by atoms with Crippen LogP contribution in [0.4, 0.5) is 0 Å². The number of aromatic nitrogens is 1. The van der Waals surface area contributed by atoms with E-state index < -0.39 is 6.10 Å². The van der Waals surface area contributed by atoms with Crippen LogP contribution in [0.15, 0.2) is 60.8 Å². The molecule has 1 N–H and O–H groups in total. The first-order valence-corrected chi connectivity index (χ1v) is 10.8. The van der Waals surface area contributed by atoms with Crippen molar-refractivity contribution in [2.24, 2.45) is 0 Å². The van der Waals surface area contributed by atoms with Crippen LogP contribution in [0.2, 0.25) is 0 Å². The van der Waals surface area contributed by atoms with Crippen LogP contribution in [0.3, 0.4) is 0 Å². The third-order valence-corrected chi connectivity index (χ3v) is 6.01. The summed E-state index contributed by atoms with van der Waals surface area (Å²) < 4.78 is 5.36. The highest BCUT2D eigenvalue weighted by molar-refractivity contribution is 5.83. The first-order chi connectivity index (χ1) is 14.7. The third-order valence-electron chi connectivity index (χ3n) is 6.01. The molecule has 5 nitrogen and oxygen atoms in total. The van der Waals surface area contributed by atoms with Gasteiger partial charge in [0.25, 0.3) is 0 Å². The highest BCUT2D eigenvalue weighted by atomic mass is 16.5. The molecule has 4 rings (SSSR count). The quantitative estimate of drug-likeness (QED) is 0.652. The van der Waals surface area contributed by atoms with Crippen LogP contribution in [-0.4, -0.2) is 66.3 Å². The van der Waals surface area contributed by atoms with E-state index in [1.165, 1.54) is 5.56 Å². The second-order valence-electron chi connectivity index (χ2n) is 8.03. The van der Waals surface area contributed by atoms with Gasteiger partial charge in [0.2, 0.25) is 0 Å². The van der Waals surface area contributed by atoms with Gasteiger partial charge in [0.1, 0.15) is 5.75 Å². The Balaban J connectivity index is 1.36. The molecule has 3 aromatic rings. The summed E-state index contributed by atoms with van der Waals surface area (Å²) in [6.07, 6.45) is 3.46. The largest absolute Gasteiger partial charge is 0.497 e. The Bertz CT molecular complexity index is 948. The number of benzene rings is 2. The lowest BCUT2D eigenvalue weighted by atomic mass is 10.0. The fourth-order valence-corrected chi connectivity index (χ4v) is 4.27. The smallest absolute Gasteiger partial charge is 0.119 e. The van der Waals surface area contributed by atoms with Crippen molar-refractivity contribution in [2.45, 2.75) is 18.9 Å². The van der Waals surface area contributed by atoms with Crippen molar-refractivity contribution in [2.75, 3.05) is 46.4 Å². The topological polar surface area (TPSA) is 48.8 Å². The molecule has 158 valence electrons. The van der Waals surface area contributed by atoms with Gasteiger partial charge in [0.05, 0.1) is 18.7 Å². The number of ether oxygens (including phenoxy) is 1. The first kappa shape index (κ1) is 20.8. The number of β-amino-alcohol motifs (C(OH)–C–C–N with tert-alkyl or cyclic N) is 1. The highest BCUT2D eigenvalue weighted by Gasteiger charge is 2.20. The molecule has 1 saturated heterocycles. The van der Waals surface area contributed by atoms with Gasteiger partial charge in [-0.2, -0.15) is 0 Å². The number of hydrogen-bond donors (Lipinski definition) is 1. The molecule has 30 heavy (non-hydrogen) atoms. The van der Waals surface area contributed by atoms with E-state index in [0.717, 1.165) is 67.8 Å². The minimum atomic E-state index is -0.543. The molecule has 1 unspecified atom stereocenters. The Hall–Kier alpha value is -2.47. The van der Waals surface area contributed by atoms with E-state index in [9.17, 15) is 5.11 Å². The van der Waals surface area contributed by atoms with Crippen LogP contribution in [0.1, 0.15) is 23.7 Å². The lowest BCUT2D eigenvalue weighted by molar-refractivity contribution is 0.116. The van der Waals surface area contributed by atoms with Gasteiger partial charge in [-0.15, -0.1) is 0 Å². The van der Waals surface area contributed by atoms with E-state index in [0.29, 0.717) is 6.54 Å². The minimum Gasteiger partial charge on any atom is -0.497 e. The lowest BCUT2D eigenvalue weighted by Gasteiger charge is -2.24. The zero-order valence-electron chi connectivity index (χ0n) is 17.7. The molecular weight excluding hydrogens is 374 g/mol. The van der Waals surface area contributed by atoms with Crippen molar-refractivity contribution in [1.29, 1.82) is 0 Å². The van der Waals surface area contributed by atoms with Gasteiger partial charge in [0.15, 0.2) is 0 Å². The van der Waals surface area contributed by atoms with E-state index in [4.69, 9.17) is 4.74 Å². The maximum absolute atomic E-state index is 11.0. The van der Waals surface area contributed by atoms with Gasteiger partial charge in [-0.25, -0.2) is 0 Å². The van der Waals surface area contributed by atoms with Crippen molar-refractivity contribution < 1.29 is 9.84 Å². The third kappa shape index (κ3) is 5.17. The van der Waals surface area contributed by atoms with Crippen LogP contribution >= 0.6 is 0 Å². The van der Waals surface area contributed by atoms with Crippen molar-refractivity contribution in [1.82, 2.24) is 14.8 Å². The molecule has 0 aliphatic carbocycles. The summed E-state index contributed by atoms with van der Waals surface area (Å²) in [5.41, 5.74) is 3.20. The van der Waals surface area contributed by atoms with Gasteiger partial charge < -0.3 is 14.7 Å². The van der Waals surface area contributed by atoms with Gasteiger partial charge in [0, 0.05) is 37.8 Å². The maximum Gasteiger partial charge on any atom is 0.119 e. The number of pyridine rings is 1. The second-order valence-corrected chi connectivity index (χ2v) is 8.03. The Morgan fingerprint density at radius 1 is 1.00 bits per heavy atom. The molecule has 1 fully saturated rings. The number of hydrogen-bond acceptors (Lipinski definition) is 5. The average Bonchev–Trinajstić information content (AvgIpc) is 3.02. The standard InChI is InChI=1S/C25H31N3O2/c1-30-21-8-9-24-23(18-21)22(10-12-26-24)25(29)19-28-14-5-13-27(16-17-28)15-11-20-6-3-2-4-7-20/h2-4,6-10,12,18,25,29H,5,11,13-17,19H2,1H3. The molecule has 5 heteroatoms. The number of methoxy groups -OCH3 is 1. The summed E-state index contributed by atoms with van der Waals surface area (Å²) in [7, 11) is 1.66. The number of aliphatic hydroxyl groups is 1. The van der Waals surface area contributed by atoms with Crippen molar-refractivity contribution in [3.05, 3.63) is 71.9 Å². The normalized spacial score (nSPS) is 17.0. The monoisotopic (exact) mass is 405 g/mol. The molecule has 0 radical (unpaired) electrons. The lowest BCUT2D eigenvalue weighted by Crippen LogP contribution is -2.34. The first-order valence-electron chi connectivity index (χ1n) is 10.8. The van der Waals surface area contributed by atoms with Gasteiger partial charge in [-0.1, -0.05) is 30.3 Å². The maximum atomic E-state index is 11.0. The SMILES string of the molecule is COc1ccc2nccc(C(O)CN3CCCN(CCc4ccccc4)CC3)c2c1. The number of nitrogens with zero attached hydrogens (tertiary/aromatic N) is 3. The van der Waals surface area contributed by atoms with Crippen molar-refractivity contribution in [3.8, 4) is 5.75 Å². The molecule has 1 aliphatic rings. The number of fused-ring (bicyclic) bond motifs is 1. The zero-order valence-corrected chi connectivity index (χ0v) is 17.7. The van der Waals surface area contributed by atoms with Crippen molar-refractivity contribution >= 4 is 10.9 Å². The molecular formula is C25H31N3O2. The predicted molar refractivity (Wildman–Crippen MR) is 121 cm³/mol. The van der Waals surface area contributed by atoms with Gasteiger partial charge >= 0.3 is 0 Å². The molecule has 1 atom stereocenters. The molecule has 2 heterocycles. The van der Waals surface area contributed by atoms with E-state index >= 15 is 0 Å². The summed E-state index contributed by atoms with van der Waals surface area (Å²) >= 11 is 0. The van der Waals surface area contributed by atoms with Crippen LogP contribution in [0.5, 0.6) is 5.75 Å². The van der Waals surface area contributed by atoms with Gasteiger partial charge in [-0.05, 0) is 61.3 Å². The Morgan fingerprint density at radius 3 is 2.63 bits per heavy atom. The Labute approximate surface area is 178 Å². The molecule has 0 bridgehead atoms. The van der Waals surface area contributed by atoms with Crippen LogP contribution in [0.25, 0.3) is 10.9 Å². The van der Waals surface area contributed by atoms with Crippen LogP contribution in [0, 0.1) is 0 Å². The molecule has 1 aromatic heterocycles. The summed E-state index contributed by atoms with van der Waals surface area (Å²) in [5, 5.41) is 12.0. The van der Waals surface area contributed by atoms with Crippen LogP contribution in [-0.2, 0) is 6.42 Å². The zero-order chi connectivity index (χ0) is 20.8. The molecule has 1 aliphatic heterocycles. The summed E-state index contributed by atoms with van der Waals surface area (Å²) in [5.74, 6) is 0.785. The minimum absolute atomic E-state index is 0.543. The van der Waals surface area contributed by atoms with E-state index in [1.807, 2.05) is 24.3 Å². The van der Waals surface area contributed by atoms with E-state index in [2.05, 4.69) is 45.1 Å². The molecule has 0 saturated carbocycles. The van der Waals surface area contributed by atoms with Gasteiger partial charge in [-0.3, -0.25) is 9.88 Å². The highest BCUT2D eigenvalue weighted by Crippen LogP contribution is 2.27. The number of rotatable bonds is 7. The summed E-state index contributed by atoms with van der Waals surface area (Å²) in [6, 6.07) is 18.4. The average molecular weight is 406 g/mol. The molecule has 0 amide bonds. The van der Waals surface area contributed by atoms with E-state index in [1.54, 1.807) is 13.3 Å². The summed E-state index contributed by atoms with van der Waals surface area (Å²) in [4.78, 5) is 9.37. The fourth-order valence-electron chi connectivity index (χ4n) is 4.27. The second kappa shape index (κ2) is 10.0. The molecule has 0 spiro atoms. The Kier molecular flexibility index (Phi) is 6.95. The van der Waals surface area contributed by atoms with Crippen LogP contribution < -0.4 is 4.74 Å². The Morgan fingerprint density at radius 2 is 1.80 bits per heavy atom. The fraction of sp³-hybridized carbons (Fsp3) is 0.400. The summed E-state index contributed by atoms with van der Waals surface area (Å²) in [6.45, 7) is 5.90. The number of aliphatic hydroxyl groups excluding tert-OH is 1. The van der Waals surface area contributed by atoms with E-state index in [-0.39, 0.29) is 0 Å². The van der Waals surface area contributed by atoms with Crippen molar-refractivity contribution in [3.63, 3.8) is 0 Å². The predicted octanol–water partition coefficient (Wildman–Crippen LogP) is 3.53. The molecule has 2 aromatic carbocycles.